The predicted molar refractivity (Wildman–Crippen MR) is 58.3 cm³/mol. The third kappa shape index (κ3) is 4.40. The van der Waals surface area contributed by atoms with E-state index in [1.54, 1.807) is 13.0 Å². The quantitative estimate of drug-likeness (QED) is 0.872. The summed E-state index contributed by atoms with van der Waals surface area (Å²) in [5.41, 5.74) is 6.32. The molecular weight excluding hydrogens is 233 g/mol. The first-order valence-corrected chi connectivity index (χ1v) is 5.43. The van der Waals surface area contributed by atoms with Gasteiger partial charge in [-0.25, -0.2) is 0 Å². The summed E-state index contributed by atoms with van der Waals surface area (Å²) in [6.07, 6.45) is -4.19. The highest BCUT2D eigenvalue weighted by Gasteiger charge is 2.30. The van der Waals surface area contributed by atoms with Crippen LogP contribution in [0.1, 0.15) is 24.0 Å². The summed E-state index contributed by atoms with van der Waals surface area (Å²) in [7, 11) is 0. The van der Waals surface area contributed by atoms with Crippen molar-refractivity contribution >= 4 is 0 Å². The van der Waals surface area contributed by atoms with Crippen LogP contribution in [0.4, 0.5) is 13.2 Å². The molecule has 0 aromatic carbocycles. The Morgan fingerprint density at radius 1 is 1.41 bits per heavy atom. The largest absolute Gasteiger partial charge is 0.463 e. The van der Waals surface area contributed by atoms with E-state index >= 15 is 0 Å². The number of nitrogens with two attached hydrogens (primary N) is 1. The van der Waals surface area contributed by atoms with E-state index in [4.69, 9.17) is 10.2 Å². The van der Waals surface area contributed by atoms with Crippen molar-refractivity contribution in [1.82, 2.24) is 4.90 Å². The number of hydrogen-bond acceptors (Lipinski definition) is 3. The minimum atomic E-state index is -4.19. The van der Waals surface area contributed by atoms with Gasteiger partial charge in [0.05, 0.1) is 19.6 Å². The Hall–Kier alpha value is -1.01. The summed E-state index contributed by atoms with van der Waals surface area (Å²) in [5.74, 6) is 1.15. The van der Waals surface area contributed by atoms with Gasteiger partial charge in [-0.2, -0.15) is 13.2 Å². The van der Waals surface area contributed by atoms with Crippen LogP contribution in [-0.4, -0.2) is 24.2 Å². The van der Waals surface area contributed by atoms with E-state index in [9.17, 15) is 13.2 Å². The van der Waals surface area contributed by atoms with Crippen molar-refractivity contribution in [3.63, 3.8) is 0 Å². The predicted octanol–water partition coefficient (Wildman–Crippen LogP) is 2.43. The fourth-order valence-electron chi connectivity index (χ4n) is 1.62. The van der Waals surface area contributed by atoms with Gasteiger partial charge in [-0.1, -0.05) is 6.92 Å². The molecule has 1 rings (SSSR count). The summed E-state index contributed by atoms with van der Waals surface area (Å²) >= 11 is 0. The minimum Gasteiger partial charge on any atom is -0.463 e. The summed E-state index contributed by atoms with van der Waals surface area (Å²) in [6.45, 7) is 3.31. The number of rotatable bonds is 5. The normalized spacial score (nSPS) is 12.4. The second kappa shape index (κ2) is 5.55. The second-order valence-corrected chi connectivity index (χ2v) is 3.94. The number of hydrogen-bond donors (Lipinski definition) is 1. The van der Waals surface area contributed by atoms with E-state index < -0.39 is 12.7 Å². The molecule has 98 valence electrons. The molecule has 0 spiro atoms. The lowest BCUT2D eigenvalue weighted by Gasteiger charge is -2.20. The van der Waals surface area contributed by atoms with E-state index in [-0.39, 0.29) is 13.1 Å². The lowest BCUT2D eigenvalue weighted by Crippen LogP contribution is -2.33. The molecule has 0 amide bonds. The molecule has 1 heterocycles. The molecule has 0 aliphatic carbocycles. The Morgan fingerprint density at radius 2 is 2.06 bits per heavy atom. The number of nitrogens with zero attached hydrogens (tertiary/aromatic N) is 1. The first kappa shape index (κ1) is 14.1. The van der Waals surface area contributed by atoms with Crippen LogP contribution in [0.2, 0.25) is 0 Å². The molecule has 0 aliphatic rings. The molecule has 0 bridgehead atoms. The van der Waals surface area contributed by atoms with Crippen LogP contribution >= 0.6 is 0 Å². The summed E-state index contributed by atoms with van der Waals surface area (Å²) in [6, 6.07) is 1.74. The molecule has 0 radical (unpaired) electrons. The molecule has 3 nitrogen and oxygen atoms in total. The maximum atomic E-state index is 12.3. The standard InChI is InChI=1S/C11H17F3N2O/c1-3-16(7-11(12,13)14)6-9-4-8(2)10(5-15)17-9/h4H,3,5-7,15H2,1-2H3. The van der Waals surface area contributed by atoms with Gasteiger partial charge < -0.3 is 10.2 Å². The average molecular weight is 250 g/mol. The Bertz CT molecular complexity index is 360. The van der Waals surface area contributed by atoms with Crippen LogP contribution < -0.4 is 5.73 Å². The van der Waals surface area contributed by atoms with Gasteiger partial charge in [0.1, 0.15) is 11.5 Å². The second-order valence-electron chi connectivity index (χ2n) is 3.94. The van der Waals surface area contributed by atoms with Crippen LogP contribution in [0.3, 0.4) is 0 Å². The van der Waals surface area contributed by atoms with Gasteiger partial charge in [0.15, 0.2) is 0 Å². The van der Waals surface area contributed by atoms with Crippen LogP contribution in [0.15, 0.2) is 10.5 Å². The van der Waals surface area contributed by atoms with Crippen molar-refractivity contribution in [2.75, 3.05) is 13.1 Å². The topological polar surface area (TPSA) is 42.4 Å². The van der Waals surface area contributed by atoms with Crippen LogP contribution in [0.25, 0.3) is 0 Å². The smallest absolute Gasteiger partial charge is 0.401 e. The van der Waals surface area contributed by atoms with Gasteiger partial charge in [-0.15, -0.1) is 0 Å². The van der Waals surface area contributed by atoms with E-state index in [0.717, 1.165) is 5.56 Å². The molecule has 0 atom stereocenters. The third-order valence-electron chi connectivity index (χ3n) is 2.49. The van der Waals surface area contributed by atoms with Crippen LogP contribution in [0, 0.1) is 6.92 Å². The summed E-state index contributed by atoms with van der Waals surface area (Å²) < 4.78 is 42.1. The highest BCUT2D eigenvalue weighted by Crippen LogP contribution is 2.20. The lowest BCUT2D eigenvalue weighted by molar-refractivity contribution is -0.147. The number of furan rings is 1. The van der Waals surface area contributed by atoms with Crippen molar-refractivity contribution in [3.8, 4) is 0 Å². The zero-order valence-corrected chi connectivity index (χ0v) is 9.97. The highest BCUT2D eigenvalue weighted by atomic mass is 19.4. The van der Waals surface area contributed by atoms with Crippen molar-refractivity contribution in [3.05, 3.63) is 23.2 Å². The Labute approximate surface area is 98.4 Å². The average Bonchev–Trinajstić information content (AvgIpc) is 2.55. The van der Waals surface area contributed by atoms with E-state index in [1.807, 2.05) is 6.92 Å². The van der Waals surface area contributed by atoms with Crippen LogP contribution in [0.5, 0.6) is 0 Å². The molecule has 0 saturated carbocycles. The molecular formula is C11H17F3N2O. The molecule has 0 saturated heterocycles. The van der Waals surface area contributed by atoms with Gasteiger partial charge in [0.2, 0.25) is 0 Å². The summed E-state index contributed by atoms with van der Waals surface area (Å²) in [4.78, 5) is 1.28. The van der Waals surface area contributed by atoms with Gasteiger partial charge in [-0.05, 0) is 25.1 Å². The van der Waals surface area contributed by atoms with Crippen molar-refractivity contribution < 1.29 is 17.6 Å². The maximum Gasteiger partial charge on any atom is 0.401 e. The molecule has 1 aromatic rings. The van der Waals surface area contributed by atoms with Crippen LogP contribution in [-0.2, 0) is 13.1 Å². The van der Waals surface area contributed by atoms with Gasteiger partial charge in [0, 0.05) is 0 Å². The zero-order valence-electron chi connectivity index (χ0n) is 9.97. The first-order valence-electron chi connectivity index (χ1n) is 5.43. The minimum absolute atomic E-state index is 0.150. The SMILES string of the molecule is CCN(Cc1cc(C)c(CN)o1)CC(F)(F)F. The first-order chi connectivity index (χ1) is 7.85. The molecule has 2 N–H and O–H groups in total. The fourth-order valence-corrected chi connectivity index (χ4v) is 1.62. The van der Waals surface area contributed by atoms with Crippen molar-refractivity contribution in [1.29, 1.82) is 0 Å². The highest BCUT2D eigenvalue weighted by molar-refractivity contribution is 5.19. The fraction of sp³-hybridized carbons (Fsp3) is 0.636. The third-order valence-corrected chi connectivity index (χ3v) is 2.49. The molecule has 17 heavy (non-hydrogen) atoms. The molecule has 0 unspecified atom stereocenters. The Morgan fingerprint density at radius 3 is 2.47 bits per heavy atom. The van der Waals surface area contributed by atoms with Gasteiger partial charge in [0.25, 0.3) is 0 Å². The summed E-state index contributed by atoms with van der Waals surface area (Å²) in [5, 5.41) is 0. The van der Waals surface area contributed by atoms with E-state index in [0.29, 0.717) is 18.1 Å². The number of aryl methyl sites for hydroxylation is 1. The van der Waals surface area contributed by atoms with Crippen molar-refractivity contribution in [2.45, 2.75) is 33.1 Å². The van der Waals surface area contributed by atoms with Gasteiger partial charge >= 0.3 is 6.18 Å². The number of halogens is 3. The monoisotopic (exact) mass is 250 g/mol. The Kier molecular flexibility index (Phi) is 4.59. The zero-order chi connectivity index (χ0) is 13.1. The Balaban J connectivity index is 2.67. The molecule has 1 aromatic heterocycles. The lowest BCUT2D eigenvalue weighted by atomic mass is 10.2. The maximum absolute atomic E-state index is 12.3. The van der Waals surface area contributed by atoms with E-state index in [1.165, 1.54) is 4.90 Å². The molecule has 0 aliphatic heterocycles. The number of alkyl halides is 3. The molecule has 0 fully saturated rings. The van der Waals surface area contributed by atoms with Crippen molar-refractivity contribution in [2.24, 2.45) is 5.73 Å². The molecule has 6 heteroatoms. The van der Waals surface area contributed by atoms with Gasteiger partial charge in [-0.3, -0.25) is 4.90 Å². The van der Waals surface area contributed by atoms with E-state index in [2.05, 4.69) is 0 Å².